The summed E-state index contributed by atoms with van der Waals surface area (Å²) in [5.74, 6) is 1.44. The number of carboxylic acid groups (broad SMARTS) is 1. The van der Waals surface area contributed by atoms with Crippen molar-refractivity contribution in [1.29, 1.82) is 0 Å². The summed E-state index contributed by atoms with van der Waals surface area (Å²) in [5.41, 5.74) is -0.580. The Morgan fingerprint density at radius 3 is 2.90 bits per heavy atom. The lowest BCUT2D eigenvalue weighted by Crippen LogP contribution is -2.47. The Kier molecular flexibility index (Phi) is 3.97. The summed E-state index contributed by atoms with van der Waals surface area (Å²) in [4.78, 5) is 13.9. The van der Waals surface area contributed by atoms with Crippen molar-refractivity contribution >= 4 is 5.97 Å². The summed E-state index contributed by atoms with van der Waals surface area (Å²) in [6.07, 6.45) is 5.82. The Morgan fingerprint density at radius 2 is 2.14 bits per heavy atom. The van der Waals surface area contributed by atoms with Crippen molar-refractivity contribution in [3.05, 3.63) is 11.6 Å². The minimum atomic E-state index is -0.655. The summed E-state index contributed by atoms with van der Waals surface area (Å²) in [6, 6.07) is 0. The number of aromatic nitrogens is 3. The third kappa shape index (κ3) is 2.69. The Morgan fingerprint density at radius 1 is 1.29 bits per heavy atom. The smallest absolute Gasteiger partial charge is 0.310 e. The molecule has 2 aliphatic heterocycles. The topological polar surface area (TPSA) is 71.2 Å². The van der Waals surface area contributed by atoms with Gasteiger partial charge in [-0.15, -0.1) is 10.2 Å². The minimum Gasteiger partial charge on any atom is -0.481 e. The van der Waals surface area contributed by atoms with Crippen molar-refractivity contribution < 1.29 is 9.90 Å². The zero-order valence-corrected chi connectivity index (χ0v) is 12.7. The molecular weight excluding hydrogens is 268 g/mol. The molecule has 0 aromatic carbocycles. The Bertz CT molecular complexity index is 528. The van der Waals surface area contributed by atoms with Crippen LogP contribution in [0.5, 0.6) is 0 Å². The molecule has 0 saturated carbocycles. The third-order valence-electron chi connectivity index (χ3n) is 5.09. The summed E-state index contributed by atoms with van der Waals surface area (Å²) in [6.45, 7) is 5.29. The van der Waals surface area contributed by atoms with Crippen LogP contribution in [0.2, 0.25) is 0 Å². The van der Waals surface area contributed by atoms with E-state index in [0.29, 0.717) is 13.0 Å². The van der Waals surface area contributed by atoms with Crippen LogP contribution in [-0.2, 0) is 24.3 Å². The van der Waals surface area contributed by atoms with Crippen molar-refractivity contribution in [2.24, 2.45) is 5.41 Å². The molecule has 1 aromatic heterocycles. The van der Waals surface area contributed by atoms with Crippen LogP contribution in [-0.4, -0.2) is 43.8 Å². The number of hydrogen-bond acceptors (Lipinski definition) is 4. The fourth-order valence-electron chi connectivity index (χ4n) is 3.66. The SMILES string of the molecule is CCC1(C(=O)O)CCCN(Cc2nnc3n2CCCC3)C1. The fraction of sp³-hybridized carbons (Fsp3) is 0.800. The molecule has 0 bridgehead atoms. The zero-order valence-electron chi connectivity index (χ0n) is 12.7. The molecule has 1 unspecified atom stereocenters. The number of rotatable bonds is 4. The average molecular weight is 292 g/mol. The number of fused-ring (bicyclic) bond motifs is 1. The molecule has 0 spiro atoms. The molecule has 1 aromatic rings. The molecule has 0 aliphatic carbocycles. The van der Waals surface area contributed by atoms with Crippen molar-refractivity contribution in [3.8, 4) is 0 Å². The molecule has 3 rings (SSSR count). The molecule has 1 N–H and O–H groups in total. The quantitative estimate of drug-likeness (QED) is 0.914. The van der Waals surface area contributed by atoms with Gasteiger partial charge >= 0.3 is 5.97 Å². The van der Waals surface area contributed by atoms with Crippen LogP contribution in [0.15, 0.2) is 0 Å². The first-order chi connectivity index (χ1) is 10.1. The van der Waals surface area contributed by atoms with E-state index in [9.17, 15) is 9.90 Å². The normalized spacial score (nSPS) is 26.5. The third-order valence-corrected chi connectivity index (χ3v) is 5.09. The van der Waals surface area contributed by atoms with Crippen molar-refractivity contribution in [3.63, 3.8) is 0 Å². The highest BCUT2D eigenvalue weighted by molar-refractivity contribution is 5.75. The van der Waals surface area contributed by atoms with Gasteiger partial charge in [0.15, 0.2) is 0 Å². The van der Waals surface area contributed by atoms with Crippen molar-refractivity contribution in [2.75, 3.05) is 13.1 Å². The maximum atomic E-state index is 11.6. The molecule has 2 aliphatic rings. The van der Waals surface area contributed by atoms with Gasteiger partial charge in [-0.25, -0.2) is 0 Å². The molecule has 1 saturated heterocycles. The number of carboxylic acids is 1. The van der Waals surface area contributed by atoms with E-state index >= 15 is 0 Å². The lowest BCUT2D eigenvalue weighted by Gasteiger charge is -2.39. The number of aryl methyl sites for hydroxylation is 1. The predicted molar refractivity (Wildman–Crippen MR) is 77.8 cm³/mol. The highest BCUT2D eigenvalue weighted by Crippen LogP contribution is 2.34. The Labute approximate surface area is 125 Å². The van der Waals surface area contributed by atoms with Crippen LogP contribution in [0.4, 0.5) is 0 Å². The molecule has 3 heterocycles. The lowest BCUT2D eigenvalue weighted by atomic mass is 9.77. The predicted octanol–water partition coefficient (Wildman–Crippen LogP) is 1.69. The van der Waals surface area contributed by atoms with Gasteiger partial charge in [0.25, 0.3) is 0 Å². The molecule has 0 amide bonds. The molecule has 1 atom stereocenters. The molecule has 6 nitrogen and oxygen atoms in total. The maximum absolute atomic E-state index is 11.6. The summed E-state index contributed by atoms with van der Waals surface area (Å²) in [5, 5.41) is 18.2. The second-order valence-electron chi connectivity index (χ2n) is 6.39. The zero-order chi connectivity index (χ0) is 14.9. The summed E-state index contributed by atoms with van der Waals surface area (Å²) < 4.78 is 2.23. The number of aliphatic carboxylic acids is 1. The molecule has 116 valence electrons. The van der Waals surface area contributed by atoms with Gasteiger partial charge in [0.1, 0.15) is 11.6 Å². The summed E-state index contributed by atoms with van der Waals surface area (Å²) >= 11 is 0. The van der Waals surface area contributed by atoms with Gasteiger partial charge in [-0.1, -0.05) is 6.92 Å². The van der Waals surface area contributed by atoms with Crippen LogP contribution in [0.3, 0.4) is 0 Å². The second-order valence-corrected chi connectivity index (χ2v) is 6.39. The second kappa shape index (κ2) is 5.75. The van der Waals surface area contributed by atoms with Crippen LogP contribution in [0, 0.1) is 5.41 Å². The lowest BCUT2D eigenvalue weighted by molar-refractivity contribution is -0.153. The molecule has 6 heteroatoms. The van der Waals surface area contributed by atoms with E-state index in [-0.39, 0.29) is 0 Å². The van der Waals surface area contributed by atoms with E-state index in [1.54, 1.807) is 0 Å². The molecule has 21 heavy (non-hydrogen) atoms. The van der Waals surface area contributed by atoms with Crippen LogP contribution < -0.4 is 0 Å². The van der Waals surface area contributed by atoms with E-state index in [0.717, 1.165) is 50.5 Å². The standard InChI is InChI=1S/C15H24N4O2/c1-2-15(14(20)21)7-5-8-18(11-15)10-13-17-16-12-6-3-4-9-19(12)13/h2-11H2,1H3,(H,20,21). The first kappa shape index (κ1) is 14.5. The number of piperidine rings is 1. The van der Waals surface area contributed by atoms with Gasteiger partial charge < -0.3 is 9.67 Å². The van der Waals surface area contributed by atoms with Crippen LogP contribution in [0.1, 0.15) is 50.7 Å². The largest absolute Gasteiger partial charge is 0.481 e. The Balaban J connectivity index is 1.73. The van der Waals surface area contributed by atoms with Gasteiger partial charge in [0.2, 0.25) is 0 Å². The van der Waals surface area contributed by atoms with Crippen LogP contribution >= 0.6 is 0 Å². The maximum Gasteiger partial charge on any atom is 0.310 e. The average Bonchev–Trinajstić information content (AvgIpc) is 2.90. The number of carbonyl (C=O) groups is 1. The number of nitrogens with zero attached hydrogens (tertiary/aromatic N) is 4. The molecule has 1 fully saturated rings. The molecule has 0 radical (unpaired) electrons. The van der Waals surface area contributed by atoms with Crippen molar-refractivity contribution in [1.82, 2.24) is 19.7 Å². The van der Waals surface area contributed by atoms with Gasteiger partial charge in [-0.3, -0.25) is 9.69 Å². The van der Waals surface area contributed by atoms with E-state index in [4.69, 9.17) is 0 Å². The highest BCUT2D eigenvalue weighted by atomic mass is 16.4. The van der Waals surface area contributed by atoms with E-state index in [1.807, 2.05) is 6.92 Å². The summed E-state index contributed by atoms with van der Waals surface area (Å²) in [7, 11) is 0. The van der Waals surface area contributed by atoms with E-state index in [1.165, 1.54) is 12.8 Å². The monoisotopic (exact) mass is 292 g/mol. The van der Waals surface area contributed by atoms with Gasteiger partial charge in [-0.05, 0) is 38.6 Å². The van der Waals surface area contributed by atoms with Gasteiger partial charge in [0, 0.05) is 19.5 Å². The minimum absolute atomic E-state index is 0.580. The van der Waals surface area contributed by atoms with E-state index < -0.39 is 11.4 Å². The van der Waals surface area contributed by atoms with Gasteiger partial charge in [0.05, 0.1) is 12.0 Å². The fourth-order valence-corrected chi connectivity index (χ4v) is 3.66. The van der Waals surface area contributed by atoms with Gasteiger partial charge in [-0.2, -0.15) is 0 Å². The number of likely N-dealkylation sites (tertiary alicyclic amines) is 1. The first-order valence-corrected chi connectivity index (χ1v) is 8.01. The first-order valence-electron chi connectivity index (χ1n) is 8.01. The number of hydrogen-bond donors (Lipinski definition) is 1. The van der Waals surface area contributed by atoms with Crippen molar-refractivity contribution in [2.45, 2.75) is 58.5 Å². The Hall–Kier alpha value is -1.43. The van der Waals surface area contributed by atoms with Crippen LogP contribution in [0.25, 0.3) is 0 Å². The van der Waals surface area contributed by atoms with E-state index in [2.05, 4.69) is 19.7 Å². The highest BCUT2D eigenvalue weighted by Gasteiger charge is 2.41. The molecular formula is C15H24N4O2.